The summed E-state index contributed by atoms with van der Waals surface area (Å²) in [5.41, 5.74) is 1.39. The van der Waals surface area contributed by atoms with Crippen LogP contribution in [0.3, 0.4) is 0 Å². The Balaban J connectivity index is 2.86. The second-order valence-electron chi connectivity index (χ2n) is 2.86. The standard InChI is InChI=1S/C10H14S2/c1-8(7-11)9-4-3-5-10(6-9)12-2/h3-6,8,11H,7H2,1-2H3. The summed E-state index contributed by atoms with van der Waals surface area (Å²) in [6.45, 7) is 2.20. The van der Waals surface area contributed by atoms with Crippen LogP contribution in [0, 0.1) is 0 Å². The molecule has 1 unspecified atom stereocenters. The van der Waals surface area contributed by atoms with E-state index in [1.54, 1.807) is 11.8 Å². The van der Waals surface area contributed by atoms with Gasteiger partial charge in [0.25, 0.3) is 0 Å². The van der Waals surface area contributed by atoms with Gasteiger partial charge in [0, 0.05) is 4.90 Å². The third kappa shape index (κ3) is 2.46. The smallest absolute Gasteiger partial charge is 0.00719 e. The molecule has 1 rings (SSSR count). The number of benzene rings is 1. The van der Waals surface area contributed by atoms with E-state index in [-0.39, 0.29) is 0 Å². The van der Waals surface area contributed by atoms with E-state index in [0.717, 1.165) is 5.75 Å². The zero-order chi connectivity index (χ0) is 8.97. The Morgan fingerprint density at radius 1 is 1.50 bits per heavy atom. The Labute approximate surface area is 84.2 Å². The first-order chi connectivity index (χ1) is 5.77. The average molecular weight is 198 g/mol. The van der Waals surface area contributed by atoms with Crippen LogP contribution in [0.25, 0.3) is 0 Å². The quantitative estimate of drug-likeness (QED) is 0.573. The van der Waals surface area contributed by atoms with Crippen LogP contribution >= 0.6 is 24.4 Å². The summed E-state index contributed by atoms with van der Waals surface area (Å²) >= 11 is 6.07. The zero-order valence-corrected chi connectivity index (χ0v) is 9.16. The largest absolute Gasteiger partial charge is 0.179 e. The molecule has 1 atom stereocenters. The summed E-state index contributed by atoms with van der Waals surface area (Å²) in [5.74, 6) is 1.47. The molecule has 0 heterocycles. The van der Waals surface area contributed by atoms with Gasteiger partial charge in [-0.3, -0.25) is 0 Å². The first-order valence-corrected chi connectivity index (χ1v) is 5.88. The molecule has 0 aliphatic heterocycles. The molecule has 0 fully saturated rings. The highest BCUT2D eigenvalue weighted by Crippen LogP contribution is 2.22. The van der Waals surface area contributed by atoms with Crippen molar-refractivity contribution >= 4 is 24.4 Å². The number of hydrogen-bond acceptors (Lipinski definition) is 2. The van der Waals surface area contributed by atoms with Crippen molar-refractivity contribution in [1.82, 2.24) is 0 Å². The number of thioether (sulfide) groups is 1. The maximum absolute atomic E-state index is 4.28. The van der Waals surface area contributed by atoms with Crippen molar-refractivity contribution in [3.8, 4) is 0 Å². The van der Waals surface area contributed by atoms with Gasteiger partial charge < -0.3 is 0 Å². The normalized spacial score (nSPS) is 12.9. The van der Waals surface area contributed by atoms with Gasteiger partial charge in [-0.15, -0.1) is 11.8 Å². The minimum atomic E-state index is 0.556. The average Bonchev–Trinajstić information content (AvgIpc) is 2.17. The molecular formula is C10H14S2. The van der Waals surface area contributed by atoms with E-state index >= 15 is 0 Å². The highest BCUT2D eigenvalue weighted by Gasteiger charge is 2.02. The topological polar surface area (TPSA) is 0 Å². The lowest BCUT2D eigenvalue weighted by Gasteiger charge is -2.08. The van der Waals surface area contributed by atoms with Gasteiger partial charge in [-0.25, -0.2) is 0 Å². The molecule has 2 heteroatoms. The van der Waals surface area contributed by atoms with Gasteiger partial charge in [-0.1, -0.05) is 19.1 Å². The van der Waals surface area contributed by atoms with Crippen molar-refractivity contribution in [1.29, 1.82) is 0 Å². The molecule has 1 aromatic carbocycles. The summed E-state index contributed by atoms with van der Waals surface area (Å²) in [4.78, 5) is 1.33. The first-order valence-electron chi connectivity index (χ1n) is 4.02. The van der Waals surface area contributed by atoms with Crippen LogP contribution in [-0.4, -0.2) is 12.0 Å². The molecule has 0 spiro atoms. The minimum Gasteiger partial charge on any atom is -0.179 e. The molecule has 0 saturated heterocycles. The fourth-order valence-corrected chi connectivity index (χ4v) is 1.73. The Morgan fingerprint density at radius 3 is 2.83 bits per heavy atom. The Hall–Kier alpha value is -0.0800. The molecule has 0 amide bonds. The van der Waals surface area contributed by atoms with E-state index in [1.807, 2.05) is 0 Å². The summed E-state index contributed by atoms with van der Waals surface area (Å²) in [6, 6.07) is 8.66. The summed E-state index contributed by atoms with van der Waals surface area (Å²) < 4.78 is 0. The van der Waals surface area contributed by atoms with Gasteiger partial charge in [0.1, 0.15) is 0 Å². The molecule has 0 radical (unpaired) electrons. The number of hydrogen-bond donors (Lipinski definition) is 1. The first kappa shape index (κ1) is 10.0. The van der Waals surface area contributed by atoms with Crippen molar-refractivity contribution in [2.75, 3.05) is 12.0 Å². The molecule has 0 saturated carbocycles. The van der Waals surface area contributed by atoms with E-state index in [1.165, 1.54) is 10.5 Å². The Kier molecular flexibility index (Phi) is 4.02. The number of rotatable bonds is 3. The van der Waals surface area contributed by atoms with Crippen LogP contribution in [0.2, 0.25) is 0 Å². The lowest BCUT2D eigenvalue weighted by Crippen LogP contribution is -1.93. The monoisotopic (exact) mass is 198 g/mol. The SMILES string of the molecule is CSc1cccc(C(C)CS)c1. The molecule has 12 heavy (non-hydrogen) atoms. The maximum Gasteiger partial charge on any atom is 0.00719 e. The fraction of sp³-hybridized carbons (Fsp3) is 0.400. The second kappa shape index (κ2) is 4.83. The third-order valence-corrected chi connectivity index (χ3v) is 3.21. The summed E-state index contributed by atoms with van der Waals surface area (Å²) in [7, 11) is 0. The van der Waals surface area contributed by atoms with Gasteiger partial charge in [0.05, 0.1) is 0 Å². The molecule has 0 N–H and O–H groups in total. The molecular weight excluding hydrogens is 184 g/mol. The van der Waals surface area contributed by atoms with Crippen LogP contribution in [0.15, 0.2) is 29.2 Å². The molecule has 0 aliphatic carbocycles. The predicted molar refractivity (Wildman–Crippen MR) is 60.5 cm³/mol. The molecule has 66 valence electrons. The van der Waals surface area contributed by atoms with Crippen LogP contribution in [0.1, 0.15) is 18.4 Å². The van der Waals surface area contributed by atoms with E-state index in [9.17, 15) is 0 Å². The van der Waals surface area contributed by atoms with Crippen molar-refractivity contribution in [3.63, 3.8) is 0 Å². The van der Waals surface area contributed by atoms with Gasteiger partial charge >= 0.3 is 0 Å². The summed E-state index contributed by atoms with van der Waals surface area (Å²) in [6.07, 6.45) is 2.10. The third-order valence-electron chi connectivity index (χ3n) is 1.94. The Morgan fingerprint density at radius 2 is 2.25 bits per heavy atom. The van der Waals surface area contributed by atoms with Crippen molar-refractivity contribution in [2.24, 2.45) is 0 Å². The van der Waals surface area contributed by atoms with Crippen LogP contribution in [0.5, 0.6) is 0 Å². The van der Waals surface area contributed by atoms with Gasteiger partial charge in [-0.2, -0.15) is 12.6 Å². The number of thiol groups is 1. The van der Waals surface area contributed by atoms with E-state index in [2.05, 4.69) is 50.1 Å². The van der Waals surface area contributed by atoms with Crippen LogP contribution in [-0.2, 0) is 0 Å². The minimum absolute atomic E-state index is 0.556. The molecule has 0 aliphatic rings. The van der Waals surface area contributed by atoms with E-state index in [4.69, 9.17) is 0 Å². The van der Waals surface area contributed by atoms with Crippen molar-refractivity contribution in [2.45, 2.75) is 17.7 Å². The maximum atomic E-state index is 4.28. The summed E-state index contributed by atoms with van der Waals surface area (Å²) in [5, 5.41) is 0. The Bertz CT molecular complexity index is 245. The van der Waals surface area contributed by atoms with Gasteiger partial charge in [0.15, 0.2) is 0 Å². The van der Waals surface area contributed by atoms with Gasteiger partial charge in [0.2, 0.25) is 0 Å². The predicted octanol–water partition coefficient (Wildman–Crippen LogP) is 3.44. The molecule has 0 aromatic heterocycles. The molecule has 0 nitrogen and oxygen atoms in total. The van der Waals surface area contributed by atoms with Crippen LogP contribution in [0.4, 0.5) is 0 Å². The lowest BCUT2D eigenvalue weighted by atomic mass is 10.0. The van der Waals surface area contributed by atoms with E-state index < -0.39 is 0 Å². The van der Waals surface area contributed by atoms with Crippen molar-refractivity contribution in [3.05, 3.63) is 29.8 Å². The highest BCUT2D eigenvalue weighted by atomic mass is 32.2. The lowest BCUT2D eigenvalue weighted by molar-refractivity contribution is 0.879. The van der Waals surface area contributed by atoms with Crippen molar-refractivity contribution < 1.29 is 0 Å². The zero-order valence-electron chi connectivity index (χ0n) is 7.45. The second-order valence-corrected chi connectivity index (χ2v) is 4.11. The fourth-order valence-electron chi connectivity index (χ4n) is 1.05. The molecule has 0 bridgehead atoms. The highest BCUT2D eigenvalue weighted by molar-refractivity contribution is 7.98. The van der Waals surface area contributed by atoms with Crippen LogP contribution < -0.4 is 0 Å². The van der Waals surface area contributed by atoms with Gasteiger partial charge in [-0.05, 0) is 35.6 Å². The molecule has 1 aromatic rings. The van der Waals surface area contributed by atoms with E-state index in [0.29, 0.717) is 5.92 Å².